The molecule has 164 valence electrons. The summed E-state index contributed by atoms with van der Waals surface area (Å²) in [5.74, 6) is 1.53. The predicted octanol–water partition coefficient (Wildman–Crippen LogP) is 4.10. The Kier molecular flexibility index (Phi) is 11.9. The second-order valence-electron chi connectivity index (χ2n) is 6.88. The molecule has 0 aromatic heterocycles. The van der Waals surface area contributed by atoms with Crippen LogP contribution in [0.25, 0.3) is 0 Å². The molecule has 0 saturated heterocycles. The van der Waals surface area contributed by atoms with Crippen LogP contribution in [0, 0.1) is 0 Å². The standard InChI is InChI=1S/C23H32N4O2.HI/c1-5-17(3)27-22(28)20-9-7-8-19(14-20)16-26-23(24-6-2)25-15-18-10-12-21(29-4)13-11-18;/h7-14,17H,5-6,15-16H2,1-4H3,(H,27,28)(H2,24,25,26);1H. The van der Waals surface area contributed by atoms with E-state index in [9.17, 15) is 4.79 Å². The number of guanidine groups is 1. The summed E-state index contributed by atoms with van der Waals surface area (Å²) in [7, 11) is 1.66. The van der Waals surface area contributed by atoms with Crippen molar-refractivity contribution < 1.29 is 9.53 Å². The number of nitrogens with one attached hydrogen (secondary N) is 3. The fourth-order valence-electron chi connectivity index (χ4n) is 2.66. The van der Waals surface area contributed by atoms with E-state index in [1.54, 1.807) is 7.11 Å². The van der Waals surface area contributed by atoms with Crippen LogP contribution < -0.4 is 20.7 Å². The highest BCUT2D eigenvalue weighted by Crippen LogP contribution is 2.11. The zero-order chi connectivity index (χ0) is 21.1. The van der Waals surface area contributed by atoms with Gasteiger partial charge in [0.05, 0.1) is 13.7 Å². The molecule has 0 aliphatic carbocycles. The molecule has 2 rings (SSSR count). The summed E-state index contributed by atoms with van der Waals surface area (Å²) in [5, 5.41) is 9.58. The molecule has 1 unspecified atom stereocenters. The Bertz CT molecular complexity index is 809. The van der Waals surface area contributed by atoms with Crippen LogP contribution in [0.5, 0.6) is 5.75 Å². The van der Waals surface area contributed by atoms with Crippen LogP contribution in [0.4, 0.5) is 0 Å². The number of amides is 1. The fourth-order valence-corrected chi connectivity index (χ4v) is 2.66. The quantitative estimate of drug-likeness (QED) is 0.263. The van der Waals surface area contributed by atoms with Gasteiger partial charge in [-0.3, -0.25) is 4.79 Å². The van der Waals surface area contributed by atoms with Gasteiger partial charge in [0.1, 0.15) is 5.75 Å². The van der Waals surface area contributed by atoms with Crippen molar-refractivity contribution in [2.45, 2.75) is 46.3 Å². The van der Waals surface area contributed by atoms with E-state index in [0.29, 0.717) is 18.7 Å². The van der Waals surface area contributed by atoms with Crippen molar-refractivity contribution in [3.63, 3.8) is 0 Å². The van der Waals surface area contributed by atoms with Crippen LogP contribution in [0.2, 0.25) is 0 Å². The van der Waals surface area contributed by atoms with E-state index in [0.717, 1.165) is 35.8 Å². The summed E-state index contributed by atoms with van der Waals surface area (Å²) >= 11 is 0. The number of carbonyl (C=O) groups is 1. The number of hydrogen-bond acceptors (Lipinski definition) is 3. The van der Waals surface area contributed by atoms with Gasteiger partial charge in [0, 0.05) is 24.7 Å². The average molecular weight is 524 g/mol. The molecule has 0 aliphatic heterocycles. The lowest BCUT2D eigenvalue weighted by Gasteiger charge is -2.13. The molecule has 6 nitrogen and oxygen atoms in total. The first-order valence-electron chi connectivity index (χ1n) is 10.1. The molecule has 7 heteroatoms. The molecule has 0 heterocycles. The molecule has 0 aliphatic rings. The minimum Gasteiger partial charge on any atom is -0.497 e. The van der Waals surface area contributed by atoms with Gasteiger partial charge >= 0.3 is 0 Å². The first-order chi connectivity index (χ1) is 14.0. The van der Waals surface area contributed by atoms with Gasteiger partial charge in [0.2, 0.25) is 0 Å². The SMILES string of the molecule is CCNC(=NCc1cccc(C(=O)NC(C)CC)c1)NCc1ccc(OC)cc1.I. The van der Waals surface area contributed by atoms with Crippen LogP contribution >= 0.6 is 24.0 Å². The molecule has 0 saturated carbocycles. The van der Waals surface area contributed by atoms with Crippen molar-refractivity contribution in [2.75, 3.05) is 13.7 Å². The number of ether oxygens (including phenoxy) is 1. The molecular formula is C23H33IN4O2. The third-order valence-corrected chi connectivity index (χ3v) is 4.56. The highest BCUT2D eigenvalue weighted by Gasteiger charge is 2.09. The van der Waals surface area contributed by atoms with Crippen LogP contribution in [0.15, 0.2) is 53.5 Å². The van der Waals surface area contributed by atoms with E-state index in [4.69, 9.17) is 4.74 Å². The summed E-state index contributed by atoms with van der Waals surface area (Å²) in [6, 6.07) is 15.7. The third-order valence-electron chi connectivity index (χ3n) is 4.56. The highest BCUT2D eigenvalue weighted by atomic mass is 127. The van der Waals surface area contributed by atoms with E-state index in [2.05, 4.69) is 27.9 Å². The summed E-state index contributed by atoms with van der Waals surface area (Å²) in [5.41, 5.74) is 2.79. The third kappa shape index (κ3) is 8.61. The van der Waals surface area contributed by atoms with Gasteiger partial charge in [-0.15, -0.1) is 24.0 Å². The number of carbonyl (C=O) groups excluding carboxylic acids is 1. The molecular weight excluding hydrogens is 491 g/mol. The second-order valence-corrected chi connectivity index (χ2v) is 6.88. The maximum absolute atomic E-state index is 12.3. The number of halogens is 1. The Balaban J connectivity index is 0.00000450. The lowest BCUT2D eigenvalue weighted by atomic mass is 10.1. The van der Waals surface area contributed by atoms with E-state index >= 15 is 0 Å². The van der Waals surface area contributed by atoms with Gasteiger partial charge in [0.15, 0.2) is 5.96 Å². The number of aliphatic imine (C=N–C) groups is 1. The van der Waals surface area contributed by atoms with Gasteiger partial charge in [-0.25, -0.2) is 4.99 Å². The van der Waals surface area contributed by atoms with Crippen molar-refractivity contribution in [1.29, 1.82) is 0 Å². The molecule has 2 aromatic rings. The largest absolute Gasteiger partial charge is 0.497 e. The van der Waals surface area contributed by atoms with Gasteiger partial charge < -0.3 is 20.7 Å². The van der Waals surface area contributed by atoms with Gasteiger partial charge in [-0.2, -0.15) is 0 Å². The molecule has 3 N–H and O–H groups in total. The number of benzene rings is 2. The Hall–Kier alpha value is -2.29. The topological polar surface area (TPSA) is 74.8 Å². The molecule has 30 heavy (non-hydrogen) atoms. The molecule has 0 radical (unpaired) electrons. The summed E-state index contributed by atoms with van der Waals surface area (Å²) in [4.78, 5) is 17.0. The summed E-state index contributed by atoms with van der Waals surface area (Å²) < 4.78 is 5.19. The first-order valence-corrected chi connectivity index (χ1v) is 10.1. The Morgan fingerprint density at radius 2 is 1.80 bits per heavy atom. The van der Waals surface area contributed by atoms with Crippen molar-refractivity contribution in [3.8, 4) is 5.75 Å². The molecule has 1 atom stereocenters. The molecule has 1 amide bonds. The smallest absolute Gasteiger partial charge is 0.251 e. The number of methoxy groups -OCH3 is 1. The predicted molar refractivity (Wildman–Crippen MR) is 134 cm³/mol. The molecule has 0 fully saturated rings. The minimum atomic E-state index is -0.0466. The molecule has 0 bridgehead atoms. The zero-order valence-corrected chi connectivity index (χ0v) is 20.5. The maximum atomic E-state index is 12.3. The van der Waals surface area contributed by atoms with Gasteiger partial charge in [0.25, 0.3) is 5.91 Å². The normalized spacial score (nSPS) is 11.8. The Morgan fingerprint density at radius 3 is 2.43 bits per heavy atom. The fraction of sp³-hybridized carbons (Fsp3) is 0.391. The van der Waals surface area contributed by atoms with Gasteiger partial charge in [-0.05, 0) is 55.7 Å². The van der Waals surface area contributed by atoms with E-state index < -0.39 is 0 Å². The second kappa shape index (κ2) is 13.8. The lowest BCUT2D eigenvalue weighted by Crippen LogP contribution is -2.36. The number of hydrogen-bond donors (Lipinski definition) is 3. The van der Waals surface area contributed by atoms with E-state index in [1.807, 2.05) is 62.4 Å². The van der Waals surface area contributed by atoms with Gasteiger partial charge in [-0.1, -0.05) is 31.2 Å². The monoisotopic (exact) mass is 524 g/mol. The first kappa shape index (κ1) is 25.7. The van der Waals surface area contributed by atoms with Crippen molar-refractivity contribution in [1.82, 2.24) is 16.0 Å². The van der Waals surface area contributed by atoms with Crippen LogP contribution in [0.3, 0.4) is 0 Å². The average Bonchev–Trinajstić information content (AvgIpc) is 2.76. The minimum absolute atomic E-state index is 0. The lowest BCUT2D eigenvalue weighted by molar-refractivity contribution is 0.0939. The summed E-state index contributed by atoms with van der Waals surface area (Å²) in [6.45, 7) is 8.01. The number of rotatable bonds is 9. The maximum Gasteiger partial charge on any atom is 0.251 e. The summed E-state index contributed by atoms with van der Waals surface area (Å²) in [6.07, 6.45) is 0.904. The van der Waals surface area contributed by atoms with Crippen molar-refractivity contribution >= 4 is 35.8 Å². The van der Waals surface area contributed by atoms with Crippen molar-refractivity contribution in [2.24, 2.45) is 4.99 Å². The molecule has 2 aromatic carbocycles. The Labute approximate surface area is 196 Å². The van der Waals surface area contributed by atoms with E-state index in [-0.39, 0.29) is 35.9 Å². The Morgan fingerprint density at radius 1 is 1.07 bits per heavy atom. The molecule has 0 spiro atoms. The van der Waals surface area contributed by atoms with Crippen LogP contribution in [-0.2, 0) is 13.1 Å². The number of nitrogens with zero attached hydrogens (tertiary/aromatic N) is 1. The highest BCUT2D eigenvalue weighted by molar-refractivity contribution is 14.0. The van der Waals surface area contributed by atoms with E-state index in [1.165, 1.54) is 0 Å². The van der Waals surface area contributed by atoms with Crippen LogP contribution in [0.1, 0.15) is 48.7 Å². The van der Waals surface area contributed by atoms with Crippen molar-refractivity contribution in [3.05, 3.63) is 65.2 Å². The zero-order valence-electron chi connectivity index (χ0n) is 18.2. The van der Waals surface area contributed by atoms with Crippen LogP contribution in [-0.4, -0.2) is 31.6 Å².